The zero-order chi connectivity index (χ0) is 19.6. The minimum absolute atomic E-state index is 0.324. The Morgan fingerprint density at radius 3 is 2.52 bits per heavy atom. The summed E-state index contributed by atoms with van der Waals surface area (Å²) in [6.07, 6.45) is 1.04. The highest BCUT2D eigenvalue weighted by molar-refractivity contribution is 7.92. The van der Waals surface area contributed by atoms with E-state index in [4.69, 9.17) is 21.1 Å². The van der Waals surface area contributed by atoms with Crippen LogP contribution in [-0.2, 0) is 14.8 Å². The Balaban J connectivity index is 1.78. The molecule has 0 aliphatic carbocycles. The van der Waals surface area contributed by atoms with Crippen molar-refractivity contribution in [3.8, 4) is 11.5 Å². The molecule has 3 rings (SSSR count). The first-order chi connectivity index (χ1) is 12.7. The van der Waals surface area contributed by atoms with Crippen LogP contribution in [0.2, 0.25) is 5.02 Å². The van der Waals surface area contributed by atoms with Crippen molar-refractivity contribution in [3.63, 3.8) is 0 Å². The van der Waals surface area contributed by atoms with Crippen molar-refractivity contribution in [1.29, 1.82) is 0 Å². The number of amides is 1. The summed E-state index contributed by atoms with van der Waals surface area (Å²) in [6.45, 7) is 2.33. The van der Waals surface area contributed by atoms with Crippen LogP contribution in [0.1, 0.15) is 5.56 Å². The molecule has 7 nitrogen and oxygen atoms in total. The van der Waals surface area contributed by atoms with Crippen LogP contribution in [0.5, 0.6) is 11.5 Å². The topological polar surface area (TPSA) is 84.9 Å². The first-order valence-corrected chi connectivity index (χ1v) is 10.4. The highest BCUT2D eigenvalue weighted by atomic mass is 35.5. The van der Waals surface area contributed by atoms with Gasteiger partial charge in [-0.1, -0.05) is 17.7 Å². The maximum absolute atomic E-state index is 12.4. The van der Waals surface area contributed by atoms with Gasteiger partial charge in [0.1, 0.15) is 19.8 Å². The molecule has 0 atom stereocenters. The summed E-state index contributed by atoms with van der Waals surface area (Å²) in [7, 11) is -3.68. The molecule has 0 aromatic heterocycles. The third-order valence-corrected chi connectivity index (χ3v) is 5.50. The van der Waals surface area contributed by atoms with Crippen molar-refractivity contribution in [2.24, 2.45) is 0 Å². The Hall–Kier alpha value is -2.45. The summed E-state index contributed by atoms with van der Waals surface area (Å²) in [6, 6.07) is 9.83. The van der Waals surface area contributed by atoms with E-state index in [0.717, 1.165) is 16.1 Å². The molecule has 1 amide bonds. The number of carbonyl (C=O) groups is 1. The number of hydrogen-bond acceptors (Lipinski definition) is 5. The van der Waals surface area contributed by atoms with Crippen LogP contribution in [-0.4, -0.2) is 40.3 Å². The van der Waals surface area contributed by atoms with Crippen LogP contribution in [0.3, 0.4) is 0 Å². The molecule has 0 radical (unpaired) electrons. The van der Waals surface area contributed by atoms with Gasteiger partial charge < -0.3 is 14.8 Å². The van der Waals surface area contributed by atoms with Crippen LogP contribution in [0.25, 0.3) is 0 Å². The smallest absolute Gasteiger partial charge is 0.245 e. The zero-order valence-corrected chi connectivity index (χ0v) is 16.4. The second kappa shape index (κ2) is 7.66. The molecule has 0 saturated heterocycles. The minimum Gasteiger partial charge on any atom is -0.486 e. The Morgan fingerprint density at radius 1 is 1.15 bits per heavy atom. The number of rotatable bonds is 5. The molecule has 0 saturated carbocycles. The fraction of sp³-hybridized carbons (Fsp3) is 0.278. The van der Waals surface area contributed by atoms with E-state index in [1.807, 2.05) is 6.92 Å². The highest BCUT2D eigenvalue weighted by Crippen LogP contribution is 2.32. The van der Waals surface area contributed by atoms with E-state index in [2.05, 4.69) is 5.32 Å². The predicted molar refractivity (Wildman–Crippen MR) is 104 cm³/mol. The van der Waals surface area contributed by atoms with Crippen molar-refractivity contribution in [2.45, 2.75) is 6.92 Å². The third-order valence-electron chi connectivity index (χ3n) is 3.96. The first-order valence-electron chi connectivity index (χ1n) is 8.17. The number of ether oxygens (including phenoxy) is 2. The van der Waals surface area contributed by atoms with E-state index < -0.39 is 15.9 Å². The first kappa shape index (κ1) is 19.3. The van der Waals surface area contributed by atoms with Gasteiger partial charge >= 0.3 is 0 Å². The summed E-state index contributed by atoms with van der Waals surface area (Å²) in [5, 5.41) is 3.10. The van der Waals surface area contributed by atoms with E-state index in [1.54, 1.807) is 30.3 Å². The van der Waals surface area contributed by atoms with Crippen molar-refractivity contribution in [1.82, 2.24) is 0 Å². The van der Waals surface area contributed by atoms with Crippen molar-refractivity contribution in [3.05, 3.63) is 47.0 Å². The lowest BCUT2D eigenvalue weighted by Crippen LogP contribution is -2.37. The lowest BCUT2D eigenvalue weighted by Gasteiger charge is -2.23. The molecule has 0 fully saturated rings. The van der Waals surface area contributed by atoms with Gasteiger partial charge in [-0.25, -0.2) is 8.42 Å². The Bertz CT molecular complexity index is 978. The second-order valence-corrected chi connectivity index (χ2v) is 8.42. The molecule has 1 heterocycles. The molecule has 27 heavy (non-hydrogen) atoms. The van der Waals surface area contributed by atoms with Gasteiger partial charge in [0.25, 0.3) is 0 Å². The van der Waals surface area contributed by atoms with E-state index in [9.17, 15) is 13.2 Å². The lowest BCUT2D eigenvalue weighted by atomic mass is 10.2. The Morgan fingerprint density at radius 2 is 1.85 bits per heavy atom. The van der Waals surface area contributed by atoms with Crippen molar-refractivity contribution >= 4 is 38.9 Å². The highest BCUT2D eigenvalue weighted by Gasteiger charge is 2.22. The molecule has 2 aromatic rings. The quantitative estimate of drug-likeness (QED) is 0.819. The molecule has 1 aliphatic rings. The number of nitrogens with zero attached hydrogens (tertiary/aromatic N) is 1. The second-order valence-electron chi connectivity index (χ2n) is 6.11. The van der Waals surface area contributed by atoms with E-state index in [1.165, 1.54) is 6.07 Å². The number of halogens is 1. The number of nitrogens with one attached hydrogen (secondary N) is 1. The molecule has 144 valence electrons. The predicted octanol–water partition coefficient (Wildman–Crippen LogP) is 2.82. The van der Waals surface area contributed by atoms with Gasteiger partial charge in [-0.3, -0.25) is 9.10 Å². The maximum Gasteiger partial charge on any atom is 0.245 e. The molecule has 1 aliphatic heterocycles. The summed E-state index contributed by atoms with van der Waals surface area (Å²) in [4.78, 5) is 12.4. The average Bonchev–Trinajstić information content (AvgIpc) is 2.61. The molecule has 1 N–H and O–H groups in total. The van der Waals surface area contributed by atoms with Crippen LogP contribution in [0.15, 0.2) is 36.4 Å². The van der Waals surface area contributed by atoms with E-state index >= 15 is 0 Å². The fourth-order valence-electron chi connectivity index (χ4n) is 2.59. The molecule has 2 aromatic carbocycles. The summed E-state index contributed by atoms with van der Waals surface area (Å²) in [5.41, 5.74) is 1.62. The number of fused-ring (bicyclic) bond motifs is 1. The SMILES string of the molecule is Cc1ccc(N(CC(=O)Nc2ccc3c(c2)OCCO3)S(C)(=O)=O)cc1Cl. The van der Waals surface area contributed by atoms with Crippen LogP contribution >= 0.6 is 11.6 Å². The van der Waals surface area contributed by atoms with Crippen molar-refractivity contribution in [2.75, 3.05) is 35.6 Å². The van der Waals surface area contributed by atoms with E-state index in [0.29, 0.717) is 41.1 Å². The summed E-state index contributed by atoms with van der Waals surface area (Å²) in [5.74, 6) is 0.643. The number of benzene rings is 2. The molecule has 0 bridgehead atoms. The zero-order valence-electron chi connectivity index (χ0n) is 14.9. The lowest BCUT2D eigenvalue weighted by molar-refractivity contribution is -0.114. The van der Waals surface area contributed by atoms with Gasteiger partial charge in [0.2, 0.25) is 15.9 Å². The van der Waals surface area contributed by atoms with Gasteiger partial charge in [0, 0.05) is 16.8 Å². The molecule has 0 spiro atoms. The number of aryl methyl sites for hydroxylation is 1. The van der Waals surface area contributed by atoms with Crippen LogP contribution in [0.4, 0.5) is 11.4 Å². The molecule has 9 heteroatoms. The van der Waals surface area contributed by atoms with Gasteiger partial charge in [0.15, 0.2) is 11.5 Å². The number of carbonyl (C=O) groups excluding carboxylic acids is 1. The normalized spacial score (nSPS) is 13.1. The van der Waals surface area contributed by atoms with Crippen LogP contribution < -0.4 is 19.1 Å². The molecular formula is C18H19ClN2O5S. The minimum atomic E-state index is -3.68. The average molecular weight is 411 g/mol. The number of hydrogen-bond donors (Lipinski definition) is 1. The van der Waals surface area contributed by atoms with Crippen molar-refractivity contribution < 1.29 is 22.7 Å². The van der Waals surface area contributed by atoms with Gasteiger partial charge in [0.05, 0.1) is 11.9 Å². The van der Waals surface area contributed by atoms with Crippen LogP contribution in [0, 0.1) is 6.92 Å². The van der Waals surface area contributed by atoms with E-state index in [-0.39, 0.29) is 6.54 Å². The van der Waals surface area contributed by atoms with Gasteiger partial charge in [-0.2, -0.15) is 0 Å². The fourth-order valence-corrected chi connectivity index (χ4v) is 3.61. The number of sulfonamides is 1. The summed E-state index contributed by atoms with van der Waals surface area (Å²) >= 11 is 6.09. The standard InChI is InChI=1S/C18H19ClN2O5S/c1-12-3-5-14(10-15(12)19)21(27(2,23)24)11-18(22)20-13-4-6-16-17(9-13)26-8-7-25-16/h3-6,9-10H,7-8,11H2,1-2H3,(H,20,22). The third kappa shape index (κ3) is 4.64. The molecule has 0 unspecified atom stereocenters. The largest absolute Gasteiger partial charge is 0.486 e. The molecular weight excluding hydrogens is 392 g/mol. The Labute approximate surface area is 162 Å². The van der Waals surface area contributed by atoms with Gasteiger partial charge in [-0.05, 0) is 36.8 Å². The monoisotopic (exact) mass is 410 g/mol. The number of anilines is 2. The Kier molecular flexibility index (Phi) is 5.48. The van der Waals surface area contributed by atoms with Gasteiger partial charge in [-0.15, -0.1) is 0 Å². The summed E-state index contributed by atoms with van der Waals surface area (Å²) < 4.78 is 36.3. The maximum atomic E-state index is 12.4.